The number of rotatable bonds is 36. The first-order chi connectivity index (χ1) is 23.3. The molecule has 0 aliphatic carbocycles. The molecule has 0 aromatic carbocycles. The molecule has 0 aliphatic heterocycles. The molecule has 0 amide bonds. The summed E-state index contributed by atoms with van der Waals surface area (Å²) in [5, 5.41) is 0. The molecule has 1 atom stereocenters. The molecule has 0 saturated carbocycles. The van der Waals surface area contributed by atoms with Gasteiger partial charge in [-0.25, -0.2) is 4.57 Å². The maximum atomic E-state index is 12.4. The fraction of sp³-hybridized carbons (Fsp3) is 0.846. The van der Waals surface area contributed by atoms with Crippen molar-refractivity contribution < 1.29 is 37.9 Å². The van der Waals surface area contributed by atoms with E-state index in [2.05, 4.69) is 42.7 Å². The SMILES string of the molecule is CCCCCCC/C=C\C/C=C\CCCCCCCCCCCC(=O)OC(COC(=O)CCCCCCCCCCC)COP(=O)(O)O. The van der Waals surface area contributed by atoms with E-state index in [9.17, 15) is 14.2 Å². The van der Waals surface area contributed by atoms with Crippen molar-refractivity contribution in [3.8, 4) is 0 Å². The standard InChI is InChI=1S/C39H73O8P/c1-3-5-7-9-11-13-14-15-16-17-18-19-20-21-22-23-24-26-28-30-32-34-39(41)47-37(36-46-48(42,43)44)35-45-38(40)33-31-29-27-25-12-10-8-6-4-2/h14-15,17-18,37H,3-13,16,19-36H2,1-2H3,(H2,42,43,44)/b15-14-,18-17-. The minimum Gasteiger partial charge on any atom is -0.462 e. The molecule has 0 aliphatic rings. The van der Waals surface area contributed by atoms with Crippen LogP contribution in [-0.2, 0) is 28.2 Å². The molecule has 0 aromatic heterocycles. The van der Waals surface area contributed by atoms with E-state index in [4.69, 9.17) is 19.3 Å². The van der Waals surface area contributed by atoms with Crippen molar-refractivity contribution >= 4 is 19.8 Å². The number of unbranched alkanes of at least 4 members (excludes halogenated alkanes) is 22. The van der Waals surface area contributed by atoms with E-state index >= 15 is 0 Å². The van der Waals surface area contributed by atoms with E-state index in [1.165, 1.54) is 109 Å². The summed E-state index contributed by atoms with van der Waals surface area (Å²) in [5.74, 6) is -0.888. The van der Waals surface area contributed by atoms with Crippen LogP contribution in [-0.4, -0.2) is 41.0 Å². The van der Waals surface area contributed by atoms with Crippen molar-refractivity contribution in [1.29, 1.82) is 0 Å². The molecular formula is C39H73O8P. The van der Waals surface area contributed by atoms with Crippen LogP contribution in [0.5, 0.6) is 0 Å². The van der Waals surface area contributed by atoms with Crippen molar-refractivity contribution in [3.63, 3.8) is 0 Å². The quantitative estimate of drug-likeness (QED) is 0.0287. The smallest absolute Gasteiger partial charge is 0.462 e. The van der Waals surface area contributed by atoms with Gasteiger partial charge in [0.1, 0.15) is 6.61 Å². The Morgan fingerprint density at radius 2 is 0.938 bits per heavy atom. The number of allylic oxidation sites excluding steroid dienone is 4. The number of phosphoric acid groups is 1. The van der Waals surface area contributed by atoms with Crippen LogP contribution in [0.2, 0.25) is 0 Å². The van der Waals surface area contributed by atoms with Crippen molar-refractivity contribution in [2.45, 2.75) is 200 Å². The average Bonchev–Trinajstić information content (AvgIpc) is 3.05. The highest BCUT2D eigenvalue weighted by Crippen LogP contribution is 2.36. The lowest BCUT2D eigenvalue weighted by molar-refractivity contribution is -0.161. The van der Waals surface area contributed by atoms with Crippen LogP contribution in [0.25, 0.3) is 0 Å². The molecule has 0 radical (unpaired) electrons. The van der Waals surface area contributed by atoms with Crippen molar-refractivity contribution in [1.82, 2.24) is 0 Å². The third-order valence-electron chi connectivity index (χ3n) is 8.47. The molecule has 0 aromatic rings. The summed E-state index contributed by atoms with van der Waals surface area (Å²) >= 11 is 0. The number of hydrogen-bond donors (Lipinski definition) is 2. The summed E-state index contributed by atoms with van der Waals surface area (Å²) in [6.45, 7) is 3.64. The zero-order chi connectivity index (χ0) is 35.4. The summed E-state index contributed by atoms with van der Waals surface area (Å²) < 4.78 is 26.3. The first-order valence-corrected chi connectivity index (χ1v) is 21.2. The number of ether oxygens (including phenoxy) is 2. The molecule has 0 rings (SSSR count). The van der Waals surface area contributed by atoms with E-state index < -0.39 is 32.5 Å². The zero-order valence-corrected chi connectivity index (χ0v) is 31.8. The van der Waals surface area contributed by atoms with E-state index in [1.54, 1.807) is 0 Å². The number of phosphoric ester groups is 1. The predicted octanol–water partition coefficient (Wildman–Crippen LogP) is 11.6. The Morgan fingerprint density at radius 1 is 0.542 bits per heavy atom. The van der Waals surface area contributed by atoms with Gasteiger partial charge in [-0.2, -0.15) is 0 Å². The molecule has 0 spiro atoms. The molecular weight excluding hydrogens is 627 g/mol. The Bertz CT molecular complexity index is 838. The maximum absolute atomic E-state index is 12.4. The van der Waals surface area contributed by atoms with Gasteiger partial charge < -0.3 is 19.3 Å². The Hall–Kier alpha value is -1.47. The van der Waals surface area contributed by atoms with E-state index in [1.807, 2.05) is 0 Å². The van der Waals surface area contributed by atoms with Gasteiger partial charge in [0, 0.05) is 12.8 Å². The minimum absolute atomic E-state index is 0.209. The number of hydrogen-bond acceptors (Lipinski definition) is 6. The molecule has 9 heteroatoms. The molecule has 8 nitrogen and oxygen atoms in total. The fourth-order valence-electron chi connectivity index (χ4n) is 5.52. The Morgan fingerprint density at radius 3 is 1.38 bits per heavy atom. The van der Waals surface area contributed by atoms with Crippen LogP contribution in [0.15, 0.2) is 24.3 Å². The molecule has 1 unspecified atom stereocenters. The molecule has 0 bridgehead atoms. The Labute approximate surface area is 294 Å². The number of carbonyl (C=O) groups excluding carboxylic acids is 2. The van der Waals surface area contributed by atoms with Crippen molar-refractivity contribution in [2.24, 2.45) is 0 Å². The summed E-state index contributed by atoms with van der Waals surface area (Å²) in [5.41, 5.74) is 0. The van der Waals surface area contributed by atoms with Crippen LogP contribution in [0, 0.1) is 0 Å². The second-order valence-electron chi connectivity index (χ2n) is 13.3. The molecule has 2 N–H and O–H groups in total. The predicted molar refractivity (Wildman–Crippen MR) is 198 cm³/mol. The molecule has 0 fully saturated rings. The summed E-state index contributed by atoms with van der Waals surface area (Å²) in [6.07, 6.45) is 39.1. The average molecular weight is 701 g/mol. The zero-order valence-electron chi connectivity index (χ0n) is 30.9. The van der Waals surface area contributed by atoms with Gasteiger partial charge in [-0.05, 0) is 44.9 Å². The first-order valence-electron chi connectivity index (χ1n) is 19.6. The maximum Gasteiger partial charge on any atom is 0.469 e. The van der Waals surface area contributed by atoms with Gasteiger partial charge in [-0.3, -0.25) is 14.1 Å². The Balaban J connectivity index is 3.88. The molecule has 0 heterocycles. The molecule has 48 heavy (non-hydrogen) atoms. The highest BCUT2D eigenvalue weighted by atomic mass is 31.2. The van der Waals surface area contributed by atoms with Crippen LogP contribution in [0.1, 0.15) is 194 Å². The third kappa shape index (κ3) is 37.4. The van der Waals surface area contributed by atoms with Crippen molar-refractivity contribution in [2.75, 3.05) is 13.2 Å². The highest BCUT2D eigenvalue weighted by Gasteiger charge is 2.22. The van der Waals surface area contributed by atoms with Gasteiger partial charge in [-0.1, -0.05) is 160 Å². The van der Waals surface area contributed by atoms with Gasteiger partial charge in [0.2, 0.25) is 0 Å². The first kappa shape index (κ1) is 46.5. The normalized spacial score (nSPS) is 12.7. The number of carbonyl (C=O) groups is 2. The highest BCUT2D eigenvalue weighted by molar-refractivity contribution is 7.46. The van der Waals surface area contributed by atoms with Gasteiger partial charge in [0.05, 0.1) is 6.61 Å². The summed E-state index contributed by atoms with van der Waals surface area (Å²) in [6, 6.07) is 0. The van der Waals surface area contributed by atoms with Gasteiger partial charge >= 0.3 is 19.8 Å². The second kappa shape index (κ2) is 35.4. The van der Waals surface area contributed by atoms with E-state index in [0.717, 1.165) is 51.4 Å². The molecule has 0 saturated heterocycles. The van der Waals surface area contributed by atoms with Crippen LogP contribution >= 0.6 is 7.82 Å². The van der Waals surface area contributed by atoms with Crippen LogP contribution < -0.4 is 0 Å². The topological polar surface area (TPSA) is 119 Å². The second-order valence-corrected chi connectivity index (χ2v) is 14.5. The fourth-order valence-corrected chi connectivity index (χ4v) is 5.88. The van der Waals surface area contributed by atoms with E-state index in [-0.39, 0.29) is 19.4 Å². The van der Waals surface area contributed by atoms with Crippen molar-refractivity contribution in [3.05, 3.63) is 24.3 Å². The molecule has 282 valence electrons. The Kier molecular flexibility index (Phi) is 34.3. The minimum atomic E-state index is -4.74. The van der Waals surface area contributed by atoms with Gasteiger partial charge in [0.25, 0.3) is 0 Å². The lowest BCUT2D eigenvalue weighted by Crippen LogP contribution is -2.29. The van der Waals surface area contributed by atoms with Gasteiger partial charge in [-0.15, -0.1) is 0 Å². The van der Waals surface area contributed by atoms with Crippen LogP contribution in [0.4, 0.5) is 0 Å². The van der Waals surface area contributed by atoms with Gasteiger partial charge in [0.15, 0.2) is 6.10 Å². The summed E-state index contributed by atoms with van der Waals surface area (Å²) in [7, 11) is -4.74. The third-order valence-corrected chi connectivity index (χ3v) is 8.96. The lowest BCUT2D eigenvalue weighted by atomic mass is 10.1. The van der Waals surface area contributed by atoms with Crippen LogP contribution in [0.3, 0.4) is 0 Å². The van der Waals surface area contributed by atoms with E-state index in [0.29, 0.717) is 6.42 Å². The number of esters is 2. The lowest BCUT2D eigenvalue weighted by Gasteiger charge is -2.18. The monoisotopic (exact) mass is 701 g/mol. The summed E-state index contributed by atoms with van der Waals surface area (Å²) in [4.78, 5) is 42.6. The largest absolute Gasteiger partial charge is 0.469 e.